The number of benzene rings is 2. The molecule has 1 aliphatic rings. The van der Waals surface area contributed by atoms with Gasteiger partial charge in [0.2, 0.25) is 15.8 Å². The van der Waals surface area contributed by atoms with E-state index in [1.807, 2.05) is 30.0 Å². The number of anilines is 1. The van der Waals surface area contributed by atoms with Gasteiger partial charge in [-0.1, -0.05) is 0 Å². The Morgan fingerprint density at radius 1 is 1.03 bits per heavy atom. The van der Waals surface area contributed by atoms with Crippen molar-refractivity contribution in [3.05, 3.63) is 52.3 Å². The van der Waals surface area contributed by atoms with Gasteiger partial charge in [0, 0.05) is 45.3 Å². The average molecular weight is 581 g/mol. The molecule has 1 aromatic heterocycles. The quantitative estimate of drug-likeness (QED) is 0.216. The van der Waals surface area contributed by atoms with E-state index in [2.05, 4.69) is 4.98 Å². The summed E-state index contributed by atoms with van der Waals surface area (Å²) in [5.41, 5.74) is -0.774. The Balaban J connectivity index is 1.21. The van der Waals surface area contributed by atoms with Crippen molar-refractivity contribution < 1.29 is 40.2 Å². The highest BCUT2D eigenvalue weighted by Crippen LogP contribution is 2.28. The molecule has 8 nitrogen and oxygen atoms in total. The third-order valence-electron chi connectivity index (χ3n) is 5.99. The first kappa shape index (κ1) is 28.4. The number of thiazole rings is 1. The molecule has 2 N–H and O–H groups in total. The smallest absolute Gasteiger partial charge is 0.234 e. The molecular formula is C23H25F5N4O4S2. The lowest BCUT2D eigenvalue weighted by atomic mass is 10.2. The summed E-state index contributed by atoms with van der Waals surface area (Å²) >= 11 is 1.58. The standard InChI is InChI=1S/C23H25F5N4O4S2/c1-13-29-16-10-15(2-3-17(16)37-13)36-12-14(33)11-32-6-4-31(5-7-32)8-9-38(34,35)30-23-21(27)19(25)18(24)20(26)22(23)28/h2-3,10,14,30,33H,4-9,11-12H2,1H3/t14-/m1/s1. The van der Waals surface area contributed by atoms with E-state index in [0.717, 1.165) is 15.2 Å². The molecule has 15 heteroatoms. The van der Waals surface area contributed by atoms with Crippen LogP contribution in [0.4, 0.5) is 27.6 Å². The molecule has 1 aliphatic heterocycles. The highest BCUT2D eigenvalue weighted by atomic mass is 32.2. The molecule has 2 aromatic carbocycles. The second-order valence-electron chi connectivity index (χ2n) is 8.84. The Kier molecular flexibility index (Phi) is 8.72. The molecule has 1 saturated heterocycles. The minimum atomic E-state index is -4.41. The minimum Gasteiger partial charge on any atom is -0.491 e. The molecule has 2 heterocycles. The zero-order valence-electron chi connectivity index (χ0n) is 20.2. The van der Waals surface area contributed by atoms with Gasteiger partial charge in [-0.3, -0.25) is 14.5 Å². The number of sulfonamides is 1. The molecule has 0 bridgehead atoms. The number of nitrogens with zero attached hydrogens (tertiary/aromatic N) is 3. The molecule has 0 radical (unpaired) electrons. The van der Waals surface area contributed by atoms with Crippen molar-refractivity contribution >= 4 is 37.3 Å². The van der Waals surface area contributed by atoms with Crippen molar-refractivity contribution in [3.8, 4) is 5.75 Å². The zero-order valence-corrected chi connectivity index (χ0v) is 21.8. The zero-order chi connectivity index (χ0) is 27.6. The SMILES string of the molecule is Cc1nc2cc(OC[C@H](O)CN3CCN(CCS(=O)(=O)Nc4c(F)c(F)c(F)c(F)c4F)CC3)ccc2s1. The summed E-state index contributed by atoms with van der Waals surface area (Å²) in [6, 6.07) is 5.55. The van der Waals surface area contributed by atoms with Crippen LogP contribution in [-0.2, 0) is 10.0 Å². The number of piperazine rings is 1. The molecule has 0 spiro atoms. The predicted octanol–water partition coefficient (Wildman–Crippen LogP) is 3.10. The summed E-state index contributed by atoms with van der Waals surface area (Å²) in [5.74, 6) is -11.4. The highest BCUT2D eigenvalue weighted by Gasteiger charge is 2.29. The Morgan fingerprint density at radius 3 is 2.29 bits per heavy atom. The van der Waals surface area contributed by atoms with Gasteiger partial charge >= 0.3 is 0 Å². The van der Waals surface area contributed by atoms with Gasteiger partial charge in [0.05, 0.1) is 21.0 Å². The number of aromatic nitrogens is 1. The summed E-state index contributed by atoms with van der Waals surface area (Å²) < 4.78 is 100. The Bertz CT molecular complexity index is 1390. The maximum Gasteiger partial charge on any atom is 0.234 e. The highest BCUT2D eigenvalue weighted by molar-refractivity contribution is 7.92. The average Bonchev–Trinajstić information content (AvgIpc) is 3.26. The van der Waals surface area contributed by atoms with E-state index in [1.165, 1.54) is 4.72 Å². The van der Waals surface area contributed by atoms with E-state index >= 15 is 0 Å². The van der Waals surface area contributed by atoms with Crippen molar-refractivity contribution in [2.24, 2.45) is 0 Å². The van der Waals surface area contributed by atoms with Gasteiger partial charge in [-0.2, -0.15) is 0 Å². The van der Waals surface area contributed by atoms with Crippen LogP contribution >= 0.6 is 11.3 Å². The molecule has 0 aliphatic carbocycles. The van der Waals surface area contributed by atoms with Crippen LogP contribution in [0.5, 0.6) is 5.75 Å². The number of nitrogens with one attached hydrogen (secondary N) is 1. The first-order valence-corrected chi connectivity index (χ1v) is 14.0. The van der Waals surface area contributed by atoms with Crippen LogP contribution < -0.4 is 9.46 Å². The third kappa shape index (κ3) is 6.69. The predicted molar refractivity (Wildman–Crippen MR) is 132 cm³/mol. The summed E-state index contributed by atoms with van der Waals surface area (Å²) in [4.78, 5) is 8.18. The van der Waals surface area contributed by atoms with Gasteiger partial charge in [0.25, 0.3) is 0 Å². The van der Waals surface area contributed by atoms with Crippen LogP contribution in [0, 0.1) is 36.0 Å². The number of hydrogen-bond donors (Lipinski definition) is 2. The number of aliphatic hydroxyl groups excluding tert-OH is 1. The van der Waals surface area contributed by atoms with E-state index in [4.69, 9.17) is 4.74 Å². The first-order valence-electron chi connectivity index (χ1n) is 11.6. The van der Waals surface area contributed by atoms with Crippen LogP contribution in [0.15, 0.2) is 18.2 Å². The molecule has 1 atom stereocenters. The van der Waals surface area contributed by atoms with Gasteiger partial charge in [-0.25, -0.2) is 35.4 Å². The summed E-state index contributed by atoms with van der Waals surface area (Å²) in [7, 11) is -4.41. The fourth-order valence-corrected chi connectivity index (χ4v) is 5.90. The lowest BCUT2D eigenvalue weighted by Crippen LogP contribution is -2.50. The van der Waals surface area contributed by atoms with Crippen molar-refractivity contribution in [2.45, 2.75) is 13.0 Å². The monoisotopic (exact) mass is 580 g/mol. The topological polar surface area (TPSA) is 95.0 Å². The second-order valence-corrected chi connectivity index (χ2v) is 11.9. The summed E-state index contributed by atoms with van der Waals surface area (Å²) in [5, 5.41) is 11.3. The molecule has 0 saturated carbocycles. The van der Waals surface area contributed by atoms with Crippen LogP contribution in [0.3, 0.4) is 0 Å². The van der Waals surface area contributed by atoms with E-state index in [1.54, 1.807) is 16.2 Å². The van der Waals surface area contributed by atoms with E-state index in [0.29, 0.717) is 38.5 Å². The van der Waals surface area contributed by atoms with Crippen molar-refractivity contribution in [1.29, 1.82) is 0 Å². The Labute approximate surface area is 219 Å². The number of hydrogen-bond acceptors (Lipinski definition) is 8. The molecule has 4 rings (SSSR count). The lowest BCUT2D eigenvalue weighted by molar-refractivity contribution is 0.0472. The normalized spacial score (nSPS) is 16.2. The summed E-state index contributed by atoms with van der Waals surface area (Å²) in [6.45, 7) is 4.26. The second kappa shape index (κ2) is 11.7. The first-order chi connectivity index (χ1) is 17.9. The van der Waals surface area contributed by atoms with E-state index in [-0.39, 0.29) is 13.2 Å². The van der Waals surface area contributed by atoms with Crippen LogP contribution in [-0.4, -0.2) is 86.0 Å². The maximum atomic E-state index is 13.8. The van der Waals surface area contributed by atoms with Crippen molar-refractivity contribution in [2.75, 3.05) is 56.4 Å². The number of ether oxygens (including phenoxy) is 1. The number of aliphatic hydroxyl groups is 1. The third-order valence-corrected chi connectivity index (χ3v) is 8.17. The van der Waals surface area contributed by atoms with Crippen LogP contribution in [0.25, 0.3) is 10.2 Å². The van der Waals surface area contributed by atoms with Gasteiger partial charge in [-0.05, 0) is 19.1 Å². The van der Waals surface area contributed by atoms with E-state index < -0.39 is 56.7 Å². The minimum absolute atomic E-state index is 0.0250. The van der Waals surface area contributed by atoms with Gasteiger partial charge in [0.1, 0.15) is 24.1 Å². The molecular weight excluding hydrogens is 555 g/mol. The molecule has 38 heavy (non-hydrogen) atoms. The maximum absolute atomic E-state index is 13.8. The number of rotatable bonds is 10. The Morgan fingerprint density at radius 2 is 1.63 bits per heavy atom. The van der Waals surface area contributed by atoms with E-state index in [9.17, 15) is 35.5 Å². The number of fused-ring (bicyclic) bond motifs is 1. The molecule has 0 amide bonds. The van der Waals surface area contributed by atoms with Gasteiger partial charge < -0.3 is 9.84 Å². The lowest BCUT2D eigenvalue weighted by Gasteiger charge is -2.35. The Hall–Kier alpha value is -2.59. The molecule has 208 valence electrons. The van der Waals surface area contributed by atoms with Crippen molar-refractivity contribution in [3.63, 3.8) is 0 Å². The number of aryl methyl sites for hydroxylation is 1. The number of halogens is 5. The van der Waals surface area contributed by atoms with Gasteiger partial charge in [-0.15, -0.1) is 11.3 Å². The fourth-order valence-electron chi connectivity index (χ4n) is 4.00. The van der Waals surface area contributed by atoms with Crippen LogP contribution in [0.2, 0.25) is 0 Å². The van der Waals surface area contributed by atoms with Gasteiger partial charge in [0.15, 0.2) is 23.3 Å². The van der Waals surface area contributed by atoms with Crippen molar-refractivity contribution in [1.82, 2.24) is 14.8 Å². The largest absolute Gasteiger partial charge is 0.491 e. The fraction of sp³-hybridized carbons (Fsp3) is 0.435. The molecule has 3 aromatic rings. The van der Waals surface area contributed by atoms with Crippen LogP contribution in [0.1, 0.15) is 5.01 Å². The molecule has 1 fully saturated rings. The molecule has 0 unspecified atom stereocenters. The number of β-amino-alcohol motifs (C(OH)–C–C–N with tert-alkyl or cyclic N) is 1. The summed E-state index contributed by atoms with van der Waals surface area (Å²) in [6.07, 6.45) is -0.764.